The van der Waals surface area contributed by atoms with Crippen LogP contribution in [-0.4, -0.2) is 28.3 Å². The summed E-state index contributed by atoms with van der Waals surface area (Å²) in [6.45, 7) is 6.16. The maximum atomic E-state index is 12.3. The molecule has 2 rings (SSSR count). The highest BCUT2D eigenvalue weighted by Crippen LogP contribution is 2.29. The first-order valence-corrected chi connectivity index (χ1v) is 9.29. The molecule has 0 aliphatic carbocycles. The Labute approximate surface area is 148 Å². The van der Waals surface area contributed by atoms with Crippen LogP contribution in [-0.2, 0) is 10.0 Å². The van der Waals surface area contributed by atoms with Crippen molar-refractivity contribution in [1.29, 1.82) is 0 Å². The van der Waals surface area contributed by atoms with Crippen molar-refractivity contribution >= 4 is 16.2 Å². The van der Waals surface area contributed by atoms with Gasteiger partial charge in [-0.3, -0.25) is 0 Å². The summed E-state index contributed by atoms with van der Waals surface area (Å²) in [7, 11) is -2.21. The first-order valence-electron chi connectivity index (χ1n) is 7.81. The third kappa shape index (κ3) is 4.51. The summed E-state index contributed by atoms with van der Waals surface area (Å²) in [6, 6.07) is 10.3. The molecule has 0 saturated carbocycles. The first-order chi connectivity index (χ1) is 11.9. The van der Waals surface area contributed by atoms with Crippen LogP contribution in [0.5, 0.6) is 11.5 Å². The molecule has 0 atom stereocenters. The molecule has 0 radical (unpaired) electrons. The van der Waals surface area contributed by atoms with Crippen molar-refractivity contribution in [1.82, 2.24) is 4.83 Å². The molecule has 0 fully saturated rings. The van der Waals surface area contributed by atoms with E-state index in [1.165, 1.54) is 13.3 Å². The molecule has 0 saturated heterocycles. The minimum absolute atomic E-state index is 0.169. The van der Waals surface area contributed by atoms with Gasteiger partial charge in [0, 0.05) is 5.56 Å². The summed E-state index contributed by atoms with van der Waals surface area (Å²) < 4.78 is 35.5. The van der Waals surface area contributed by atoms with Gasteiger partial charge in [0.2, 0.25) is 0 Å². The standard InChI is InChI=1S/C18H22N2O4S/c1-5-24-17-8-6-7-15(18(17)23-4)12-19-20-25(21,22)16-10-9-13(2)14(3)11-16/h6-12,20H,5H2,1-4H3/b19-12+. The van der Waals surface area contributed by atoms with Crippen molar-refractivity contribution < 1.29 is 17.9 Å². The molecule has 134 valence electrons. The van der Waals surface area contributed by atoms with Crippen LogP contribution in [0.3, 0.4) is 0 Å². The largest absolute Gasteiger partial charge is 0.492 e. The fourth-order valence-electron chi connectivity index (χ4n) is 2.22. The van der Waals surface area contributed by atoms with Gasteiger partial charge in [0.25, 0.3) is 10.0 Å². The molecule has 2 aromatic carbocycles. The van der Waals surface area contributed by atoms with Crippen LogP contribution in [0.25, 0.3) is 0 Å². The summed E-state index contributed by atoms with van der Waals surface area (Å²) in [6.07, 6.45) is 1.39. The van der Waals surface area contributed by atoms with E-state index in [0.717, 1.165) is 11.1 Å². The lowest BCUT2D eigenvalue weighted by Crippen LogP contribution is -2.18. The highest BCUT2D eigenvalue weighted by Gasteiger charge is 2.14. The number of methoxy groups -OCH3 is 1. The molecule has 2 aromatic rings. The quantitative estimate of drug-likeness (QED) is 0.607. The van der Waals surface area contributed by atoms with Crippen molar-refractivity contribution in [3.05, 3.63) is 53.1 Å². The summed E-state index contributed by atoms with van der Waals surface area (Å²) in [4.78, 5) is 2.39. The van der Waals surface area contributed by atoms with Gasteiger partial charge >= 0.3 is 0 Å². The Morgan fingerprint density at radius 3 is 2.56 bits per heavy atom. The predicted molar refractivity (Wildman–Crippen MR) is 98.0 cm³/mol. The number of rotatable bonds is 7. The van der Waals surface area contributed by atoms with Crippen LogP contribution in [0, 0.1) is 13.8 Å². The molecule has 0 unspecified atom stereocenters. The first kappa shape index (κ1) is 18.8. The Balaban J connectivity index is 2.22. The monoisotopic (exact) mass is 362 g/mol. The molecule has 0 aromatic heterocycles. The van der Waals surface area contributed by atoms with Gasteiger partial charge in [-0.2, -0.15) is 13.5 Å². The molecular formula is C18H22N2O4S. The lowest BCUT2D eigenvalue weighted by atomic mass is 10.1. The van der Waals surface area contributed by atoms with Gasteiger partial charge in [0.1, 0.15) is 0 Å². The number of ether oxygens (including phenoxy) is 2. The van der Waals surface area contributed by atoms with Crippen LogP contribution >= 0.6 is 0 Å². The molecule has 1 N–H and O–H groups in total. The van der Waals surface area contributed by atoms with Gasteiger partial charge in [0.05, 0.1) is 24.8 Å². The Morgan fingerprint density at radius 2 is 1.92 bits per heavy atom. The Hall–Kier alpha value is -2.54. The smallest absolute Gasteiger partial charge is 0.276 e. The second kappa shape index (κ2) is 8.02. The van der Waals surface area contributed by atoms with Gasteiger partial charge in [-0.1, -0.05) is 12.1 Å². The van der Waals surface area contributed by atoms with E-state index in [2.05, 4.69) is 9.93 Å². The molecule has 0 aliphatic heterocycles. The second-order valence-electron chi connectivity index (χ2n) is 5.41. The molecule has 0 spiro atoms. The van der Waals surface area contributed by atoms with Gasteiger partial charge in [-0.05, 0) is 56.2 Å². The SMILES string of the molecule is CCOc1cccc(/C=N/NS(=O)(=O)c2ccc(C)c(C)c2)c1OC. The number of sulfonamides is 1. The van der Waals surface area contributed by atoms with E-state index in [9.17, 15) is 8.42 Å². The molecule has 6 nitrogen and oxygen atoms in total. The fourth-order valence-corrected chi connectivity index (χ4v) is 3.10. The van der Waals surface area contributed by atoms with Gasteiger partial charge in [-0.25, -0.2) is 4.83 Å². The summed E-state index contributed by atoms with van der Waals surface area (Å²) in [5.74, 6) is 1.07. The fraction of sp³-hybridized carbons (Fsp3) is 0.278. The molecule has 0 aliphatic rings. The van der Waals surface area contributed by atoms with E-state index in [4.69, 9.17) is 9.47 Å². The minimum Gasteiger partial charge on any atom is -0.492 e. The van der Waals surface area contributed by atoms with E-state index in [-0.39, 0.29) is 4.90 Å². The van der Waals surface area contributed by atoms with Gasteiger partial charge in [0.15, 0.2) is 11.5 Å². The maximum Gasteiger partial charge on any atom is 0.276 e. The van der Waals surface area contributed by atoms with E-state index in [1.54, 1.807) is 36.4 Å². The third-order valence-corrected chi connectivity index (χ3v) is 4.90. The zero-order chi connectivity index (χ0) is 18.4. The highest BCUT2D eigenvalue weighted by molar-refractivity contribution is 7.89. The van der Waals surface area contributed by atoms with E-state index in [1.807, 2.05) is 20.8 Å². The topological polar surface area (TPSA) is 77.0 Å². The van der Waals surface area contributed by atoms with Crippen LogP contribution in [0.4, 0.5) is 0 Å². The zero-order valence-corrected chi connectivity index (χ0v) is 15.6. The summed E-state index contributed by atoms with van der Waals surface area (Å²) in [5.41, 5.74) is 2.54. The van der Waals surface area contributed by atoms with E-state index < -0.39 is 10.0 Å². The van der Waals surface area contributed by atoms with Crippen molar-refractivity contribution in [2.45, 2.75) is 25.7 Å². The lowest BCUT2D eigenvalue weighted by molar-refractivity contribution is 0.310. The molecule has 0 bridgehead atoms. The third-order valence-electron chi connectivity index (χ3n) is 3.68. The minimum atomic E-state index is -3.73. The number of benzene rings is 2. The van der Waals surface area contributed by atoms with Crippen LogP contribution < -0.4 is 14.3 Å². The average molecular weight is 362 g/mol. The number of hydrogen-bond donors (Lipinski definition) is 1. The van der Waals surface area contributed by atoms with Crippen molar-refractivity contribution in [3.63, 3.8) is 0 Å². The number of hydrazone groups is 1. The summed E-state index contributed by atoms with van der Waals surface area (Å²) >= 11 is 0. The lowest BCUT2D eigenvalue weighted by Gasteiger charge is -2.11. The number of hydrogen-bond acceptors (Lipinski definition) is 5. The Bertz CT molecular complexity index is 877. The van der Waals surface area contributed by atoms with Crippen molar-refractivity contribution in [2.75, 3.05) is 13.7 Å². The maximum absolute atomic E-state index is 12.3. The van der Waals surface area contributed by atoms with Crippen molar-refractivity contribution in [3.8, 4) is 11.5 Å². The number of nitrogens with zero attached hydrogens (tertiary/aromatic N) is 1. The highest BCUT2D eigenvalue weighted by atomic mass is 32.2. The molecule has 7 heteroatoms. The van der Waals surface area contributed by atoms with E-state index >= 15 is 0 Å². The van der Waals surface area contributed by atoms with Crippen LogP contribution in [0.2, 0.25) is 0 Å². The average Bonchev–Trinajstić information content (AvgIpc) is 2.57. The number of nitrogens with one attached hydrogen (secondary N) is 1. The van der Waals surface area contributed by atoms with Crippen molar-refractivity contribution in [2.24, 2.45) is 5.10 Å². The molecule has 0 amide bonds. The van der Waals surface area contributed by atoms with Gasteiger partial charge in [-0.15, -0.1) is 0 Å². The Morgan fingerprint density at radius 1 is 1.16 bits per heavy atom. The Kier molecular flexibility index (Phi) is 6.03. The number of para-hydroxylation sites is 1. The van der Waals surface area contributed by atoms with Crippen LogP contribution in [0.15, 0.2) is 46.4 Å². The zero-order valence-electron chi connectivity index (χ0n) is 14.7. The molecule has 0 heterocycles. The predicted octanol–water partition coefficient (Wildman–Crippen LogP) is 3.02. The van der Waals surface area contributed by atoms with Crippen LogP contribution in [0.1, 0.15) is 23.6 Å². The molecule has 25 heavy (non-hydrogen) atoms. The number of aryl methyl sites for hydroxylation is 2. The van der Waals surface area contributed by atoms with E-state index in [0.29, 0.717) is 23.7 Å². The second-order valence-corrected chi connectivity index (χ2v) is 7.07. The van der Waals surface area contributed by atoms with Gasteiger partial charge < -0.3 is 9.47 Å². The molecular weight excluding hydrogens is 340 g/mol. The normalized spacial score (nSPS) is 11.5. The summed E-state index contributed by atoms with van der Waals surface area (Å²) in [5, 5.41) is 3.85.